The van der Waals surface area contributed by atoms with Crippen LogP contribution in [0.2, 0.25) is 0 Å². The van der Waals surface area contributed by atoms with Crippen molar-refractivity contribution in [1.29, 1.82) is 0 Å². The Bertz CT molecular complexity index is 562. The summed E-state index contributed by atoms with van der Waals surface area (Å²) in [6, 6.07) is 9.83. The Hall–Kier alpha value is -1.36. The molecule has 5 heteroatoms. The molecular weight excluding hydrogens is 334 g/mol. The van der Waals surface area contributed by atoms with E-state index in [1.165, 1.54) is 19.3 Å². The molecule has 0 aromatic heterocycles. The van der Waals surface area contributed by atoms with E-state index >= 15 is 0 Å². The van der Waals surface area contributed by atoms with Crippen LogP contribution in [0.25, 0.3) is 0 Å². The van der Waals surface area contributed by atoms with Gasteiger partial charge in [-0.1, -0.05) is 49.6 Å². The Morgan fingerprint density at radius 2 is 1.84 bits per heavy atom. The molecule has 0 spiro atoms. The van der Waals surface area contributed by atoms with Gasteiger partial charge in [0.2, 0.25) is 0 Å². The molecule has 1 fully saturated rings. The molecule has 0 saturated heterocycles. The van der Waals surface area contributed by atoms with Crippen LogP contribution >= 0.6 is 0 Å². The quantitative estimate of drug-likeness (QED) is 0.822. The highest BCUT2D eigenvalue weighted by Crippen LogP contribution is 2.23. The lowest BCUT2D eigenvalue weighted by molar-refractivity contribution is 0.0509. The zero-order valence-electron chi connectivity index (χ0n) is 15.6. The van der Waals surface area contributed by atoms with Crippen LogP contribution in [0.3, 0.4) is 0 Å². The third kappa shape index (κ3) is 7.59. The van der Waals surface area contributed by atoms with Crippen LogP contribution < -0.4 is 5.32 Å². The molecule has 0 heterocycles. The van der Waals surface area contributed by atoms with Crippen LogP contribution in [-0.2, 0) is 22.0 Å². The van der Waals surface area contributed by atoms with Gasteiger partial charge in [0.25, 0.3) is 0 Å². The van der Waals surface area contributed by atoms with Gasteiger partial charge in [0.05, 0.1) is 0 Å². The summed E-state index contributed by atoms with van der Waals surface area (Å²) in [7, 11) is -0.920. The molecular formula is C20H31NO3S. The summed E-state index contributed by atoms with van der Waals surface area (Å²) in [5, 5.41) is 3.21. The van der Waals surface area contributed by atoms with Gasteiger partial charge in [-0.2, -0.15) is 0 Å². The van der Waals surface area contributed by atoms with Crippen molar-refractivity contribution in [1.82, 2.24) is 5.32 Å². The average Bonchev–Trinajstić information content (AvgIpc) is 2.54. The molecule has 1 aliphatic rings. The van der Waals surface area contributed by atoms with E-state index in [0.717, 1.165) is 18.4 Å². The highest BCUT2D eigenvalue weighted by atomic mass is 32.2. The monoisotopic (exact) mass is 365 g/mol. The lowest BCUT2D eigenvalue weighted by atomic mass is 10.0. The molecule has 4 nitrogen and oxygen atoms in total. The number of hydrogen-bond donors (Lipinski definition) is 1. The first-order valence-electron chi connectivity index (χ1n) is 9.24. The molecule has 140 valence electrons. The SMILES string of the molecule is CC(C)(C)OC(=O)NC(Cc1ccccc1)CS(=O)C1CCCCC1. The van der Waals surface area contributed by atoms with Gasteiger partial charge >= 0.3 is 6.09 Å². The maximum absolute atomic E-state index is 12.8. The predicted octanol–water partition coefficient (Wildman–Crippen LogP) is 4.20. The van der Waals surface area contributed by atoms with E-state index in [0.29, 0.717) is 12.2 Å². The summed E-state index contributed by atoms with van der Waals surface area (Å²) in [4.78, 5) is 12.2. The largest absolute Gasteiger partial charge is 0.444 e. The second-order valence-electron chi connectivity index (χ2n) is 7.84. The maximum atomic E-state index is 12.8. The molecule has 0 bridgehead atoms. The summed E-state index contributed by atoms with van der Waals surface area (Å²) in [5.41, 5.74) is 0.591. The Labute approximate surface area is 154 Å². The molecule has 1 N–H and O–H groups in total. The van der Waals surface area contributed by atoms with Crippen LogP contribution in [-0.4, -0.2) is 32.9 Å². The van der Waals surface area contributed by atoms with Crippen LogP contribution in [0.1, 0.15) is 58.4 Å². The van der Waals surface area contributed by atoms with Gasteiger partial charge in [0, 0.05) is 27.8 Å². The Morgan fingerprint density at radius 3 is 2.44 bits per heavy atom. The first-order valence-corrected chi connectivity index (χ1v) is 10.6. The number of benzene rings is 1. The van der Waals surface area contributed by atoms with Crippen molar-refractivity contribution in [3.63, 3.8) is 0 Å². The van der Waals surface area contributed by atoms with E-state index in [1.54, 1.807) is 0 Å². The lowest BCUT2D eigenvalue weighted by Gasteiger charge is -2.26. The lowest BCUT2D eigenvalue weighted by Crippen LogP contribution is -2.44. The summed E-state index contributed by atoms with van der Waals surface area (Å²) in [5.74, 6) is 0.485. The number of ether oxygens (including phenoxy) is 1. The molecule has 1 aromatic carbocycles. The Balaban J connectivity index is 2.00. The van der Waals surface area contributed by atoms with Crippen molar-refractivity contribution >= 4 is 16.9 Å². The summed E-state index contributed by atoms with van der Waals surface area (Å²) in [6.07, 6.45) is 5.89. The second-order valence-corrected chi connectivity index (χ2v) is 9.60. The maximum Gasteiger partial charge on any atom is 0.407 e. The van der Waals surface area contributed by atoms with Crippen LogP contribution in [0.5, 0.6) is 0 Å². The van der Waals surface area contributed by atoms with E-state index < -0.39 is 22.5 Å². The molecule has 2 atom stereocenters. The number of alkyl carbamates (subject to hydrolysis) is 1. The molecule has 25 heavy (non-hydrogen) atoms. The number of carbonyl (C=O) groups excluding carboxylic acids is 1. The molecule has 1 saturated carbocycles. The summed E-state index contributed by atoms with van der Waals surface area (Å²) >= 11 is 0. The van der Waals surface area contributed by atoms with Gasteiger partial charge in [-0.3, -0.25) is 4.21 Å². The van der Waals surface area contributed by atoms with Gasteiger partial charge in [-0.05, 0) is 45.6 Å². The third-order valence-corrected chi connectivity index (χ3v) is 6.28. The van der Waals surface area contributed by atoms with Crippen molar-refractivity contribution in [2.45, 2.75) is 76.2 Å². The number of carbonyl (C=O) groups is 1. The minimum Gasteiger partial charge on any atom is -0.444 e. The number of hydrogen-bond acceptors (Lipinski definition) is 3. The first-order chi connectivity index (χ1) is 11.8. The molecule has 2 rings (SSSR count). The van der Waals surface area contributed by atoms with Gasteiger partial charge in [0.1, 0.15) is 5.60 Å². The van der Waals surface area contributed by atoms with Gasteiger partial charge in [-0.25, -0.2) is 4.79 Å². The molecule has 1 aliphatic carbocycles. The third-order valence-electron chi connectivity index (χ3n) is 4.34. The van der Waals surface area contributed by atoms with E-state index in [9.17, 15) is 9.00 Å². The standard InChI is InChI=1S/C20H31NO3S/c1-20(2,3)24-19(22)21-17(14-16-10-6-4-7-11-16)15-25(23)18-12-8-5-9-13-18/h4,6-7,10-11,17-18H,5,8-9,12-15H2,1-3H3,(H,21,22). The fourth-order valence-corrected chi connectivity index (χ4v) is 4.92. The van der Waals surface area contributed by atoms with E-state index in [4.69, 9.17) is 4.74 Å². The number of nitrogens with one attached hydrogen (secondary N) is 1. The highest BCUT2D eigenvalue weighted by Gasteiger charge is 2.25. The zero-order valence-corrected chi connectivity index (χ0v) is 16.4. The molecule has 1 aromatic rings. The van der Waals surface area contributed by atoms with Crippen LogP contribution in [0.15, 0.2) is 30.3 Å². The average molecular weight is 366 g/mol. The number of rotatable bonds is 6. The Kier molecular flexibility index (Phi) is 7.48. The predicted molar refractivity (Wildman–Crippen MR) is 103 cm³/mol. The summed E-state index contributed by atoms with van der Waals surface area (Å²) in [6.45, 7) is 5.54. The number of amides is 1. The van der Waals surface area contributed by atoms with Crippen molar-refractivity contribution in [3.05, 3.63) is 35.9 Å². The fraction of sp³-hybridized carbons (Fsp3) is 0.650. The first kappa shape index (κ1) is 20.0. The second kappa shape index (κ2) is 9.37. The molecule has 2 unspecified atom stereocenters. The summed E-state index contributed by atoms with van der Waals surface area (Å²) < 4.78 is 18.2. The molecule has 0 aliphatic heterocycles. The van der Waals surface area contributed by atoms with Crippen molar-refractivity contribution in [3.8, 4) is 0 Å². The van der Waals surface area contributed by atoms with Gasteiger partial charge in [0.15, 0.2) is 0 Å². The van der Waals surface area contributed by atoms with Crippen LogP contribution in [0, 0.1) is 0 Å². The van der Waals surface area contributed by atoms with E-state index in [1.807, 2.05) is 51.1 Å². The normalized spacial score (nSPS) is 18.4. The Morgan fingerprint density at radius 1 is 1.20 bits per heavy atom. The van der Waals surface area contributed by atoms with Crippen molar-refractivity contribution < 1.29 is 13.7 Å². The van der Waals surface area contributed by atoms with Crippen molar-refractivity contribution in [2.24, 2.45) is 0 Å². The fourth-order valence-electron chi connectivity index (χ4n) is 3.19. The molecule has 1 amide bonds. The minimum atomic E-state index is -0.920. The van der Waals surface area contributed by atoms with Gasteiger partial charge in [-0.15, -0.1) is 0 Å². The smallest absolute Gasteiger partial charge is 0.407 e. The minimum absolute atomic E-state index is 0.181. The topological polar surface area (TPSA) is 55.4 Å². The van der Waals surface area contributed by atoms with E-state index in [2.05, 4.69) is 5.32 Å². The zero-order chi connectivity index (χ0) is 18.3. The van der Waals surface area contributed by atoms with Gasteiger partial charge < -0.3 is 10.1 Å². The highest BCUT2D eigenvalue weighted by molar-refractivity contribution is 7.85. The molecule has 0 radical (unpaired) electrons. The van der Waals surface area contributed by atoms with Crippen LogP contribution in [0.4, 0.5) is 4.79 Å². The van der Waals surface area contributed by atoms with E-state index in [-0.39, 0.29) is 11.3 Å². The van der Waals surface area contributed by atoms with Crippen molar-refractivity contribution in [2.75, 3.05) is 5.75 Å².